The molecule has 2 amide bonds. The van der Waals surface area contributed by atoms with Gasteiger partial charge < -0.3 is 20.1 Å². The average Bonchev–Trinajstić information content (AvgIpc) is 3.36. The molecule has 2 atom stereocenters. The van der Waals surface area contributed by atoms with E-state index in [1.165, 1.54) is 41.4 Å². The Morgan fingerprint density at radius 1 is 0.913 bits per heavy atom. The highest BCUT2D eigenvalue weighted by molar-refractivity contribution is 5.93. The van der Waals surface area contributed by atoms with E-state index >= 15 is 0 Å². The molecule has 6 heteroatoms. The zero-order valence-corrected chi connectivity index (χ0v) is 28.3. The number of benzene rings is 2. The van der Waals surface area contributed by atoms with Crippen molar-refractivity contribution < 1.29 is 9.59 Å². The van der Waals surface area contributed by atoms with Crippen molar-refractivity contribution in [1.29, 1.82) is 0 Å². The van der Waals surface area contributed by atoms with Gasteiger partial charge in [-0.25, -0.2) is 0 Å². The van der Waals surface area contributed by atoms with Crippen LogP contribution in [-0.2, 0) is 16.1 Å². The summed E-state index contributed by atoms with van der Waals surface area (Å²) in [5.41, 5.74) is 3.91. The molecule has 2 aromatic carbocycles. The van der Waals surface area contributed by atoms with E-state index in [1.54, 1.807) is 0 Å². The third kappa shape index (κ3) is 5.01. The number of nitrogens with one attached hydrogen (secondary N) is 2. The molecule has 46 heavy (non-hydrogen) atoms. The van der Waals surface area contributed by atoms with Gasteiger partial charge in [0.05, 0.1) is 0 Å². The van der Waals surface area contributed by atoms with E-state index in [-0.39, 0.29) is 28.7 Å². The van der Waals surface area contributed by atoms with Crippen molar-refractivity contribution in [3.8, 4) is 0 Å². The van der Waals surface area contributed by atoms with Crippen LogP contribution in [0.4, 0.5) is 0 Å². The standard InChI is InChI=1S/C40H52N4O2/c1-26-35(31-12-8-9-13-33(31)41-26)36-32(38(36,2)3)21-34(45)44(25-27-10-6-5-7-11-27)40(14-16-43(4)17-15-40)37(46)42-39-22-28-18-29(23-39)20-30(19-28)24-39/h5-13,28-30,32,36,41H,14-25H2,1-4H3,(H,42,46)/t28?,29?,30?,32-,36-,39?/m1/s1. The molecule has 6 nitrogen and oxygen atoms in total. The first-order chi connectivity index (χ1) is 22.1. The lowest BCUT2D eigenvalue weighted by Crippen LogP contribution is -2.69. The predicted molar refractivity (Wildman–Crippen MR) is 183 cm³/mol. The van der Waals surface area contributed by atoms with Crippen LogP contribution in [-0.4, -0.2) is 57.8 Å². The Kier molecular flexibility index (Phi) is 7.21. The normalized spacial score (nSPS) is 32.4. The van der Waals surface area contributed by atoms with Crippen molar-refractivity contribution in [1.82, 2.24) is 20.1 Å². The summed E-state index contributed by atoms with van der Waals surface area (Å²) in [5, 5.41) is 5.03. The van der Waals surface area contributed by atoms with Crippen LogP contribution in [0.25, 0.3) is 10.9 Å². The highest BCUT2D eigenvalue weighted by Gasteiger charge is 2.61. The molecule has 0 unspecified atom stereocenters. The Morgan fingerprint density at radius 2 is 1.52 bits per heavy atom. The first-order valence-corrected chi connectivity index (χ1v) is 18.0. The first-order valence-electron chi connectivity index (χ1n) is 18.0. The van der Waals surface area contributed by atoms with Gasteiger partial charge in [-0.1, -0.05) is 62.4 Å². The number of rotatable bonds is 8. The van der Waals surface area contributed by atoms with Crippen LogP contribution < -0.4 is 5.32 Å². The molecule has 0 radical (unpaired) electrons. The first kappa shape index (κ1) is 30.2. The number of hydrogen-bond donors (Lipinski definition) is 2. The number of aromatic amines is 1. The van der Waals surface area contributed by atoms with Crippen molar-refractivity contribution in [2.24, 2.45) is 29.1 Å². The van der Waals surface area contributed by atoms with Crippen LogP contribution in [0.5, 0.6) is 0 Å². The van der Waals surface area contributed by atoms with Crippen LogP contribution in [0, 0.1) is 36.0 Å². The summed E-state index contributed by atoms with van der Waals surface area (Å²) >= 11 is 0. The summed E-state index contributed by atoms with van der Waals surface area (Å²) in [4.78, 5) is 37.9. The summed E-state index contributed by atoms with van der Waals surface area (Å²) in [6.45, 7) is 8.93. The average molecular weight is 621 g/mol. The van der Waals surface area contributed by atoms with Gasteiger partial charge in [-0.05, 0) is 118 Å². The number of carbonyl (C=O) groups is 2. The van der Waals surface area contributed by atoms with E-state index in [0.29, 0.717) is 31.7 Å². The Hall–Kier alpha value is -3.12. The summed E-state index contributed by atoms with van der Waals surface area (Å²) in [6.07, 6.45) is 9.22. The number of para-hydroxylation sites is 1. The van der Waals surface area contributed by atoms with Crippen molar-refractivity contribution in [3.63, 3.8) is 0 Å². The van der Waals surface area contributed by atoms with Gasteiger partial charge in [-0.3, -0.25) is 9.59 Å². The van der Waals surface area contributed by atoms with E-state index < -0.39 is 5.54 Å². The Labute approximate surface area is 274 Å². The molecule has 5 saturated carbocycles. The summed E-state index contributed by atoms with van der Waals surface area (Å²) in [7, 11) is 2.14. The van der Waals surface area contributed by atoms with Crippen LogP contribution in [0.15, 0.2) is 54.6 Å². The number of nitrogens with zero attached hydrogens (tertiary/aromatic N) is 2. The smallest absolute Gasteiger partial charge is 0.246 e. The maximum atomic E-state index is 15.0. The number of fused-ring (bicyclic) bond motifs is 1. The SMILES string of the molecule is Cc1[nH]c2ccccc2c1[C@H]1[C@@H](CC(=O)N(Cc2ccccc2)C2(C(=O)NC34CC5CC(CC(C5)C3)C4)CCN(C)CC2)C1(C)C. The van der Waals surface area contributed by atoms with Gasteiger partial charge in [0, 0.05) is 48.2 Å². The molecule has 6 aliphatic rings. The lowest BCUT2D eigenvalue weighted by atomic mass is 9.53. The molecule has 4 bridgehead atoms. The van der Waals surface area contributed by atoms with Crippen LogP contribution in [0.1, 0.15) is 94.4 Å². The molecule has 2 heterocycles. The number of likely N-dealkylation sites (tertiary alicyclic amines) is 1. The molecule has 5 aliphatic carbocycles. The lowest BCUT2D eigenvalue weighted by Gasteiger charge is -2.58. The number of carbonyl (C=O) groups excluding carboxylic acids is 2. The van der Waals surface area contributed by atoms with E-state index in [4.69, 9.17) is 0 Å². The summed E-state index contributed by atoms with van der Waals surface area (Å²) in [5.74, 6) is 3.04. The van der Waals surface area contributed by atoms with E-state index in [1.807, 2.05) is 6.07 Å². The Bertz CT molecular complexity index is 1600. The van der Waals surface area contributed by atoms with E-state index in [2.05, 4.69) is 96.5 Å². The molecule has 1 aliphatic heterocycles. The number of aryl methyl sites for hydroxylation is 1. The fourth-order valence-electron chi connectivity index (χ4n) is 11.2. The minimum absolute atomic E-state index is 0.00516. The van der Waals surface area contributed by atoms with Gasteiger partial charge in [-0.15, -0.1) is 0 Å². The molecule has 2 N–H and O–H groups in total. The van der Waals surface area contributed by atoms with Crippen LogP contribution in [0.2, 0.25) is 0 Å². The predicted octanol–water partition coefficient (Wildman–Crippen LogP) is 7.18. The number of piperidine rings is 1. The van der Waals surface area contributed by atoms with E-state index in [9.17, 15) is 9.59 Å². The number of aromatic nitrogens is 1. The van der Waals surface area contributed by atoms with Crippen molar-refractivity contribution >= 4 is 22.7 Å². The zero-order valence-electron chi connectivity index (χ0n) is 28.3. The minimum atomic E-state index is -0.839. The molecule has 1 aromatic heterocycles. The molecule has 1 saturated heterocycles. The van der Waals surface area contributed by atoms with Crippen LogP contribution in [0.3, 0.4) is 0 Å². The highest BCUT2D eigenvalue weighted by Crippen LogP contribution is 2.67. The Morgan fingerprint density at radius 3 is 2.17 bits per heavy atom. The third-order valence-corrected chi connectivity index (χ3v) is 13.4. The Balaban J connectivity index is 1.12. The van der Waals surface area contributed by atoms with Gasteiger partial charge in [0.2, 0.25) is 11.8 Å². The molecular weight excluding hydrogens is 568 g/mol. The van der Waals surface area contributed by atoms with E-state index in [0.717, 1.165) is 55.7 Å². The molecule has 9 rings (SSSR count). The minimum Gasteiger partial charge on any atom is -0.358 e. The summed E-state index contributed by atoms with van der Waals surface area (Å²) in [6, 6.07) is 18.9. The number of H-pyrrole nitrogens is 1. The van der Waals surface area contributed by atoms with Crippen LogP contribution >= 0.6 is 0 Å². The molecular formula is C40H52N4O2. The van der Waals surface area contributed by atoms with Gasteiger partial charge in [0.1, 0.15) is 5.54 Å². The van der Waals surface area contributed by atoms with Gasteiger partial charge in [0.15, 0.2) is 0 Å². The zero-order chi connectivity index (χ0) is 31.8. The lowest BCUT2D eigenvalue weighted by molar-refractivity contribution is -0.155. The van der Waals surface area contributed by atoms with Crippen molar-refractivity contribution in [2.45, 2.75) is 102 Å². The second-order valence-corrected chi connectivity index (χ2v) is 16.8. The topological polar surface area (TPSA) is 68.4 Å². The van der Waals surface area contributed by atoms with Gasteiger partial charge in [-0.2, -0.15) is 0 Å². The molecule has 244 valence electrons. The monoisotopic (exact) mass is 620 g/mol. The number of hydrogen-bond acceptors (Lipinski definition) is 3. The largest absolute Gasteiger partial charge is 0.358 e. The fourth-order valence-corrected chi connectivity index (χ4v) is 11.2. The van der Waals surface area contributed by atoms with Gasteiger partial charge in [0.25, 0.3) is 0 Å². The van der Waals surface area contributed by atoms with Crippen molar-refractivity contribution in [3.05, 3.63) is 71.4 Å². The maximum Gasteiger partial charge on any atom is 0.246 e. The molecule has 6 fully saturated rings. The van der Waals surface area contributed by atoms with Crippen molar-refractivity contribution in [2.75, 3.05) is 20.1 Å². The number of amides is 2. The fraction of sp³-hybridized carbons (Fsp3) is 0.600. The summed E-state index contributed by atoms with van der Waals surface area (Å²) < 4.78 is 0. The highest BCUT2D eigenvalue weighted by atomic mass is 16.2. The molecule has 0 spiro atoms. The quantitative estimate of drug-likeness (QED) is 0.280. The molecule has 3 aromatic rings. The van der Waals surface area contributed by atoms with Gasteiger partial charge >= 0.3 is 0 Å². The maximum absolute atomic E-state index is 15.0. The second kappa shape index (κ2) is 11.0. The third-order valence-electron chi connectivity index (χ3n) is 13.4. The second-order valence-electron chi connectivity index (χ2n) is 16.8.